The lowest BCUT2D eigenvalue weighted by molar-refractivity contribution is -0.0970. The molecule has 0 aromatic carbocycles. The average molecular weight is 198 g/mol. The van der Waals surface area contributed by atoms with Gasteiger partial charge in [-0.3, -0.25) is 0 Å². The van der Waals surface area contributed by atoms with Crippen molar-refractivity contribution in [1.82, 2.24) is 0 Å². The highest BCUT2D eigenvalue weighted by molar-refractivity contribution is 5.14. The monoisotopic (exact) mass is 198 g/mol. The molecule has 1 aliphatic rings. The Morgan fingerprint density at radius 1 is 1.64 bits per heavy atom. The molecule has 0 aliphatic heterocycles. The molecule has 14 heavy (non-hydrogen) atoms. The molecule has 3 nitrogen and oxygen atoms in total. The van der Waals surface area contributed by atoms with Gasteiger partial charge in [0.25, 0.3) is 0 Å². The number of rotatable bonds is 4. The number of aliphatic hydroxyl groups is 1. The minimum Gasteiger partial charge on any atom is -0.393 e. The summed E-state index contributed by atoms with van der Waals surface area (Å²) < 4.78 is 10.3. The van der Waals surface area contributed by atoms with Gasteiger partial charge in [0.05, 0.1) is 17.6 Å². The fourth-order valence-corrected chi connectivity index (χ4v) is 2.11. The molecular weight excluding hydrogens is 180 g/mol. The van der Waals surface area contributed by atoms with Gasteiger partial charge in [-0.25, -0.2) is 0 Å². The highest BCUT2D eigenvalue weighted by Crippen LogP contribution is 2.42. The Hall–Kier alpha value is -0.560. The van der Waals surface area contributed by atoms with E-state index in [1.165, 1.54) is 0 Å². The fourth-order valence-electron chi connectivity index (χ4n) is 2.11. The standard InChI is InChI=1S/C11H18O3/c1-4-11(5-2)7-9(12)6-10(11)14-8-13-3/h1,9-10,12H,5-8H2,2-3H3/t9-,10+,11+/m1/s1. The first-order valence-corrected chi connectivity index (χ1v) is 4.95. The third-order valence-electron chi connectivity index (χ3n) is 3.01. The maximum absolute atomic E-state index is 9.58. The van der Waals surface area contributed by atoms with Gasteiger partial charge in [0, 0.05) is 13.5 Å². The van der Waals surface area contributed by atoms with E-state index < -0.39 is 0 Å². The zero-order valence-corrected chi connectivity index (χ0v) is 8.82. The SMILES string of the molecule is C#C[C@]1(CC)C[C@H](O)C[C@@H]1OCOC. The molecular formula is C11H18O3. The minimum absolute atomic E-state index is 0.0764. The second-order valence-electron chi connectivity index (χ2n) is 3.81. The molecule has 3 atom stereocenters. The van der Waals surface area contributed by atoms with Crippen LogP contribution < -0.4 is 0 Å². The van der Waals surface area contributed by atoms with Crippen LogP contribution in [-0.4, -0.2) is 31.2 Å². The lowest BCUT2D eigenvalue weighted by Crippen LogP contribution is -2.30. The second kappa shape index (κ2) is 4.79. The van der Waals surface area contributed by atoms with Crippen molar-refractivity contribution in [3.8, 4) is 12.3 Å². The zero-order valence-electron chi connectivity index (χ0n) is 8.82. The van der Waals surface area contributed by atoms with E-state index in [4.69, 9.17) is 15.9 Å². The molecule has 1 saturated carbocycles. The molecule has 1 N–H and O–H groups in total. The summed E-state index contributed by atoms with van der Waals surface area (Å²) in [6.07, 6.45) is 7.18. The van der Waals surface area contributed by atoms with Crippen molar-refractivity contribution in [3.63, 3.8) is 0 Å². The Kier molecular flexibility index (Phi) is 3.94. The third-order valence-corrected chi connectivity index (χ3v) is 3.01. The predicted molar refractivity (Wildman–Crippen MR) is 53.5 cm³/mol. The minimum atomic E-state index is -0.340. The van der Waals surface area contributed by atoms with Crippen molar-refractivity contribution in [2.75, 3.05) is 13.9 Å². The number of hydrogen-bond acceptors (Lipinski definition) is 3. The first-order valence-electron chi connectivity index (χ1n) is 4.95. The molecule has 0 saturated heterocycles. The quantitative estimate of drug-likeness (QED) is 0.544. The van der Waals surface area contributed by atoms with Crippen LogP contribution in [0.3, 0.4) is 0 Å². The van der Waals surface area contributed by atoms with Gasteiger partial charge < -0.3 is 14.6 Å². The molecule has 0 spiro atoms. The van der Waals surface area contributed by atoms with Crippen molar-refractivity contribution in [2.45, 2.75) is 38.4 Å². The Bertz CT molecular complexity index is 221. The number of aliphatic hydroxyl groups excluding tert-OH is 1. The van der Waals surface area contributed by atoms with Crippen molar-refractivity contribution in [1.29, 1.82) is 0 Å². The molecule has 1 aliphatic carbocycles. The van der Waals surface area contributed by atoms with Crippen molar-refractivity contribution in [2.24, 2.45) is 5.41 Å². The van der Waals surface area contributed by atoms with Crippen LogP contribution in [0.15, 0.2) is 0 Å². The average Bonchev–Trinajstić information content (AvgIpc) is 2.52. The molecule has 0 aromatic heterocycles. The summed E-state index contributed by atoms with van der Waals surface area (Å²) >= 11 is 0. The largest absolute Gasteiger partial charge is 0.393 e. The van der Waals surface area contributed by atoms with Crippen LogP contribution in [0.25, 0.3) is 0 Å². The number of terminal acetylenes is 1. The third kappa shape index (κ3) is 2.09. The van der Waals surface area contributed by atoms with E-state index in [0.29, 0.717) is 12.8 Å². The lowest BCUT2D eigenvalue weighted by atomic mass is 9.82. The first-order chi connectivity index (χ1) is 6.68. The molecule has 1 fully saturated rings. The molecule has 0 aromatic rings. The zero-order chi connectivity index (χ0) is 10.6. The molecule has 0 bridgehead atoms. The van der Waals surface area contributed by atoms with Gasteiger partial charge in [0.2, 0.25) is 0 Å². The van der Waals surface area contributed by atoms with Crippen molar-refractivity contribution >= 4 is 0 Å². The molecule has 1 rings (SSSR count). The summed E-state index contributed by atoms with van der Waals surface area (Å²) in [6.45, 7) is 2.27. The molecule has 0 radical (unpaired) electrons. The van der Waals surface area contributed by atoms with Crippen LogP contribution in [0, 0.1) is 17.8 Å². The maximum atomic E-state index is 9.58. The fraction of sp³-hybridized carbons (Fsp3) is 0.818. The van der Waals surface area contributed by atoms with Crippen LogP contribution in [0.5, 0.6) is 0 Å². The van der Waals surface area contributed by atoms with Gasteiger partial charge in [0.15, 0.2) is 0 Å². The predicted octanol–water partition coefficient (Wildman–Crippen LogP) is 1.16. The second-order valence-corrected chi connectivity index (χ2v) is 3.81. The van der Waals surface area contributed by atoms with Crippen LogP contribution in [-0.2, 0) is 9.47 Å². The Morgan fingerprint density at radius 2 is 2.36 bits per heavy atom. The number of hydrogen-bond donors (Lipinski definition) is 1. The summed E-state index contributed by atoms with van der Waals surface area (Å²) in [5.74, 6) is 2.78. The van der Waals surface area contributed by atoms with E-state index in [2.05, 4.69) is 5.92 Å². The molecule has 80 valence electrons. The van der Waals surface area contributed by atoms with Gasteiger partial charge in [-0.05, 0) is 12.8 Å². The van der Waals surface area contributed by atoms with Crippen LogP contribution in [0.2, 0.25) is 0 Å². The van der Waals surface area contributed by atoms with E-state index in [1.54, 1.807) is 7.11 Å². The Morgan fingerprint density at radius 3 is 2.86 bits per heavy atom. The van der Waals surface area contributed by atoms with Gasteiger partial charge >= 0.3 is 0 Å². The molecule has 3 heteroatoms. The van der Waals surface area contributed by atoms with Gasteiger partial charge in [-0.1, -0.05) is 12.8 Å². The highest BCUT2D eigenvalue weighted by atomic mass is 16.7. The molecule has 0 amide bonds. The normalized spacial score (nSPS) is 37.0. The van der Waals surface area contributed by atoms with Crippen LogP contribution in [0.1, 0.15) is 26.2 Å². The van der Waals surface area contributed by atoms with Gasteiger partial charge in [0.1, 0.15) is 6.79 Å². The number of ether oxygens (including phenoxy) is 2. The highest BCUT2D eigenvalue weighted by Gasteiger charge is 2.45. The van der Waals surface area contributed by atoms with Gasteiger partial charge in [-0.15, -0.1) is 6.42 Å². The van der Waals surface area contributed by atoms with E-state index >= 15 is 0 Å². The van der Waals surface area contributed by atoms with E-state index in [0.717, 1.165) is 6.42 Å². The van der Waals surface area contributed by atoms with Crippen molar-refractivity contribution in [3.05, 3.63) is 0 Å². The van der Waals surface area contributed by atoms with E-state index in [1.807, 2.05) is 6.92 Å². The van der Waals surface area contributed by atoms with Crippen LogP contribution in [0.4, 0.5) is 0 Å². The van der Waals surface area contributed by atoms with E-state index in [9.17, 15) is 5.11 Å². The van der Waals surface area contributed by atoms with Crippen molar-refractivity contribution < 1.29 is 14.6 Å². The smallest absolute Gasteiger partial charge is 0.146 e. The topological polar surface area (TPSA) is 38.7 Å². The lowest BCUT2D eigenvalue weighted by Gasteiger charge is -2.28. The van der Waals surface area contributed by atoms with Gasteiger partial charge in [-0.2, -0.15) is 0 Å². The first kappa shape index (κ1) is 11.5. The Labute approximate surface area is 85.4 Å². The number of methoxy groups -OCH3 is 1. The summed E-state index contributed by atoms with van der Waals surface area (Å²) in [5, 5.41) is 9.58. The summed E-state index contributed by atoms with van der Waals surface area (Å²) in [7, 11) is 1.58. The molecule has 0 heterocycles. The summed E-state index contributed by atoms with van der Waals surface area (Å²) in [4.78, 5) is 0. The summed E-state index contributed by atoms with van der Waals surface area (Å²) in [5.41, 5.74) is -0.308. The maximum Gasteiger partial charge on any atom is 0.146 e. The summed E-state index contributed by atoms with van der Waals surface area (Å²) in [6, 6.07) is 0. The molecule has 0 unspecified atom stereocenters. The van der Waals surface area contributed by atoms with Crippen LogP contribution >= 0.6 is 0 Å². The Balaban J connectivity index is 2.66. The van der Waals surface area contributed by atoms with E-state index in [-0.39, 0.29) is 24.4 Å².